The molecule has 0 saturated heterocycles. The Labute approximate surface area is 156 Å². The Bertz CT molecular complexity index is 1070. The van der Waals surface area contributed by atoms with Gasteiger partial charge in [-0.05, 0) is 67.1 Å². The SMILES string of the molecule is Cc1cc(C(=O)Nc2ccc(F)cc2)ccc1NS(=O)(=O)c1ccccc1. The van der Waals surface area contributed by atoms with E-state index in [2.05, 4.69) is 10.0 Å². The van der Waals surface area contributed by atoms with Crippen LogP contribution in [0.1, 0.15) is 15.9 Å². The van der Waals surface area contributed by atoms with Crippen molar-refractivity contribution in [1.82, 2.24) is 0 Å². The summed E-state index contributed by atoms with van der Waals surface area (Å²) in [4.78, 5) is 12.5. The van der Waals surface area contributed by atoms with E-state index >= 15 is 0 Å². The predicted molar refractivity (Wildman–Crippen MR) is 103 cm³/mol. The summed E-state index contributed by atoms with van der Waals surface area (Å²) in [6, 6.07) is 18.1. The number of rotatable bonds is 5. The summed E-state index contributed by atoms with van der Waals surface area (Å²) >= 11 is 0. The van der Waals surface area contributed by atoms with Crippen LogP contribution < -0.4 is 10.0 Å². The largest absolute Gasteiger partial charge is 0.322 e. The lowest BCUT2D eigenvalue weighted by atomic mass is 10.1. The monoisotopic (exact) mass is 384 g/mol. The lowest BCUT2D eigenvalue weighted by Gasteiger charge is -2.12. The molecule has 0 radical (unpaired) electrons. The van der Waals surface area contributed by atoms with Gasteiger partial charge in [0.05, 0.1) is 10.6 Å². The van der Waals surface area contributed by atoms with Crippen LogP contribution in [0.5, 0.6) is 0 Å². The van der Waals surface area contributed by atoms with Crippen LogP contribution in [0.3, 0.4) is 0 Å². The molecule has 27 heavy (non-hydrogen) atoms. The van der Waals surface area contributed by atoms with Gasteiger partial charge >= 0.3 is 0 Å². The molecule has 0 fully saturated rings. The van der Waals surface area contributed by atoms with Crippen LogP contribution in [0, 0.1) is 12.7 Å². The zero-order valence-electron chi connectivity index (χ0n) is 14.4. The predicted octanol–water partition coefficient (Wildman–Crippen LogP) is 4.19. The summed E-state index contributed by atoms with van der Waals surface area (Å²) in [6.07, 6.45) is 0. The smallest absolute Gasteiger partial charge is 0.261 e. The summed E-state index contributed by atoms with van der Waals surface area (Å²) in [7, 11) is -3.71. The van der Waals surface area contributed by atoms with E-state index in [0.717, 1.165) is 0 Å². The number of amides is 1. The molecule has 7 heteroatoms. The average Bonchev–Trinajstić information content (AvgIpc) is 2.66. The van der Waals surface area contributed by atoms with Gasteiger partial charge in [-0.2, -0.15) is 0 Å². The Morgan fingerprint density at radius 3 is 2.22 bits per heavy atom. The molecule has 3 aromatic rings. The van der Waals surface area contributed by atoms with E-state index in [1.54, 1.807) is 31.2 Å². The first kappa shape index (κ1) is 18.6. The molecule has 0 atom stereocenters. The maximum absolute atomic E-state index is 12.9. The number of hydrogen-bond donors (Lipinski definition) is 2. The second-order valence-corrected chi connectivity index (χ2v) is 7.59. The summed E-state index contributed by atoms with van der Waals surface area (Å²) in [5.74, 6) is -0.763. The van der Waals surface area contributed by atoms with Crippen LogP contribution in [0.15, 0.2) is 77.7 Å². The number of carbonyl (C=O) groups excluding carboxylic acids is 1. The molecule has 1 amide bonds. The number of halogens is 1. The van der Waals surface area contributed by atoms with Crippen molar-refractivity contribution in [2.45, 2.75) is 11.8 Å². The third-order valence-corrected chi connectivity index (χ3v) is 5.27. The first-order valence-electron chi connectivity index (χ1n) is 8.10. The van der Waals surface area contributed by atoms with Crippen molar-refractivity contribution in [2.75, 3.05) is 10.0 Å². The molecule has 0 aliphatic rings. The molecule has 3 aromatic carbocycles. The summed E-state index contributed by atoms with van der Waals surface area (Å²) < 4.78 is 40.3. The first-order valence-corrected chi connectivity index (χ1v) is 9.59. The fourth-order valence-corrected chi connectivity index (χ4v) is 3.61. The summed E-state index contributed by atoms with van der Waals surface area (Å²) in [6.45, 7) is 1.71. The second kappa shape index (κ2) is 7.59. The number of sulfonamides is 1. The van der Waals surface area contributed by atoms with Crippen molar-refractivity contribution in [1.29, 1.82) is 0 Å². The fourth-order valence-electron chi connectivity index (χ4n) is 2.46. The molecule has 0 aliphatic carbocycles. The molecule has 3 rings (SSSR count). The van der Waals surface area contributed by atoms with Gasteiger partial charge in [0.1, 0.15) is 5.82 Å². The molecule has 0 spiro atoms. The van der Waals surface area contributed by atoms with Crippen LogP contribution in [-0.4, -0.2) is 14.3 Å². The van der Waals surface area contributed by atoms with Gasteiger partial charge in [0, 0.05) is 11.3 Å². The Hall–Kier alpha value is -3.19. The molecule has 5 nitrogen and oxygen atoms in total. The highest BCUT2D eigenvalue weighted by Crippen LogP contribution is 2.21. The summed E-state index contributed by atoms with van der Waals surface area (Å²) in [5.41, 5.74) is 1.81. The minimum absolute atomic E-state index is 0.155. The molecule has 0 aliphatic heterocycles. The third kappa shape index (κ3) is 4.51. The van der Waals surface area contributed by atoms with Crippen molar-refractivity contribution in [3.05, 3.63) is 89.7 Å². The minimum atomic E-state index is -3.71. The number of benzene rings is 3. The van der Waals surface area contributed by atoms with E-state index in [9.17, 15) is 17.6 Å². The quantitative estimate of drug-likeness (QED) is 0.693. The second-order valence-electron chi connectivity index (χ2n) is 5.91. The molecule has 0 saturated carbocycles. The molecular weight excluding hydrogens is 367 g/mol. The fraction of sp³-hybridized carbons (Fsp3) is 0.0500. The Kier molecular flexibility index (Phi) is 5.23. The van der Waals surface area contributed by atoms with Crippen molar-refractivity contribution in [3.63, 3.8) is 0 Å². The summed E-state index contributed by atoms with van der Waals surface area (Å²) in [5, 5.41) is 2.66. The molecule has 0 heterocycles. The van der Waals surface area contributed by atoms with Crippen molar-refractivity contribution < 1.29 is 17.6 Å². The lowest BCUT2D eigenvalue weighted by molar-refractivity contribution is 0.102. The van der Waals surface area contributed by atoms with Gasteiger partial charge < -0.3 is 5.32 Å². The maximum atomic E-state index is 12.9. The van der Waals surface area contributed by atoms with Crippen LogP contribution in [-0.2, 0) is 10.0 Å². The molecule has 0 aromatic heterocycles. The van der Waals surface area contributed by atoms with Crippen molar-refractivity contribution >= 4 is 27.3 Å². The standard InChI is InChI=1S/C20H17FN2O3S/c1-14-13-15(20(24)22-17-10-8-16(21)9-11-17)7-12-19(14)23-27(25,26)18-5-3-2-4-6-18/h2-13,23H,1H3,(H,22,24). The van der Waals surface area contributed by atoms with Crippen LogP contribution in [0.4, 0.5) is 15.8 Å². The van der Waals surface area contributed by atoms with E-state index in [0.29, 0.717) is 22.5 Å². The van der Waals surface area contributed by atoms with E-state index in [1.165, 1.54) is 48.5 Å². The topological polar surface area (TPSA) is 75.3 Å². The van der Waals surface area contributed by atoms with Crippen molar-refractivity contribution in [3.8, 4) is 0 Å². The number of aryl methyl sites for hydroxylation is 1. The van der Waals surface area contributed by atoms with Crippen molar-refractivity contribution in [2.24, 2.45) is 0 Å². The van der Waals surface area contributed by atoms with Crippen LogP contribution in [0.25, 0.3) is 0 Å². The molecule has 0 bridgehead atoms. The average molecular weight is 384 g/mol. The van der Waals surface area contributed by atoms with Gasteiger partial charge in [-0.25, -0.2) is 12.8 Å². The van der Waals surface area contributed by atoms with E-state index < -0.39 is 10.0 Å². The van der Waals surface area contributed by atoms with E-state index in [1.807, 2.05) is 0 Å². The van der Waals surface area contributed by atoms with E-state index in [4.69, 9.17) is 0 Å². The minimum Gasteiger partial charge on any atom is -0.322 e. The third-order valence-electron chi connectivity index (χ3n) is 3.89. The number of nitrogens with one attached hydrogen (secondary N) is 2. The van der Waals surface area contributed by atoms with Gasteiger partial charge in [0.15, 0.2) is 0 Å². The van der Waals surface area contributed by atoms with Gasteiger partial charge in [0.25, 0.3) is 15.9 Å². The Morgan fingerprint density at radius 1 is 0.926 bits per heavy atom. The normalized spacial score (nSPS) is 11.0. The zero-order chi connectivity index (χ0) is 19.4. The first-order chi connectivity index (χ1) is 12.8. The maximum Gasteiger partial charge on any atom is 0.261 e. The van der Waals surface area contributed by atoms with Crippen LogP contribution in [0.2, 0.25) is 0 Å². The molecule has 138 valence electrons. The zero-order valence-corrected chi connectivity index (χ0v) is 15.3. The Morgan fingerprint density at radius 2 is 1.59 bits per heavy atom. The van der Waals surface area contributed by atoms with Gasteiger partial charge in [-0.15, -0.1) is 0 Å². The highest BCUT2D eigenvalue weighted by molar-refractivity contribution is 7.92. The molecule has 0 unspecified atom stereocenters. The van der Waals surface area contributed by atoms with Gasteiger partial charge in [-0.3, -0.25) is 9.52 Å². The molecule has 2 N–H and O–H groups in total. The number of anilines is 2. The number of hydrogen-bond acceptors (Lipinski definition) is 3. The van der Waals surface area contributed by atoms with Gasteiger partial charge in [0.2, 0.25) is 0 Å². The highest BCUT2D eigenvalue weighted by Gasteiger charge is 2.16. The lowest BCUT2D eigenvalue weighted by Crippen LogP contribution is -2.15. The van der Waals surface area contributed by atoms with Gasteiger partial charge in [-0.1, -0.05) is 18.2 Å². The Balaban J connectivity index is 1.77. The molecular formula is C20H17FN2O3S. The van der Waals surface area contributed by atoms with Crippen LogP contribution >= 0.6 is 0 Å². The number of carbonyl (C=O) groups is 1. The van der Waals surface area contributed by atoms with E-state index in [-0.39, 0.29) is 16.6 Å². The highest BCUT2D eigenvalue weighted by atomic mass is 32.2.